The first-order chi connectivity index (χ1) is 11.8. The van der Waals surface area contributed by atoms with Gasteiger partial charge in [0.2, 0.25) is 0 Å². The molecule has 5 heteroatoms. The van der Waals surface area contributed by atoms with Crippen molar-refractivity contribution in [2.75, 3.05) is 0 Å². The Morgan fingerprint density at radius 2 is 1.83 bits per heavy atom. The van der Waals surface area contributed by atoms with Crippen molar-refractivity contribution < 1.29 is 5.11 Å². The highest BCUT2D eigenvalue weighted by Crippen LogP contribution is 2.32. The maximum atomic E-state index is 13.0. The van der Waals surface area contributed by atoms with Gasteiger partial charge in [-0.05, 0) is 42.4 Å². The number of aryl methyl sites for hydroxylation is 2. The zero-order chi connectivity index (χ0) is 16.5. The van der Waals surface area contributed by atoms with E-state index in [9.17, 15) is 4.79 Å². The summed E-state index contributed by atoms with van der Waals surface area (Å²) in [6, 6.07) is 7.69. The third-order valence-electron chi connectivity index (χ3n) is 4.75. The number of hydrogen-bond donors (Lipinski definition) is 1. The molecule has 0 radical (unpaired) electrons. The number of benzene rings is 1. The van der Waals surface area contributed by atoms with Crippen molar-refractivity contribution in [3.05, 3.63) is 62.5 Å². The lowest BCUT2D eigenvalue weighted by atomic mass is 10.1. The van der Waals surface area contributed by atoms with Gasteiger partial charge in [0, 0.05) is 4.88 Å². The van der Waals surface area contributed by atoms with Gasteiger partial charge in [-0.3, -0.25) is 9.36 Å². The van der Waals surface area contributed by atoms with E-state index < -0.39 is 0 Å². The van der Waals surface area contributed by atoms with E-state index in [1.54, 1.807) is 22.2 Å². The summed E-state index contributed by atoms with van der Waals surface area (Å²) in [4.78, 5) is 19.8. The van der Waals surface area contributed by atoms with Crippen LogP contribution in [0.25, 0.3) is 10.2 Å². The number of rotatable bonds is 3. The third-order valence-corrected chi connectivity index (χ3v) is 5.95. The molecule has 1 aliphatic rings. The fourth-order valence-electron chi connectivity index (χ4n) is 3.42. The minimum atomic E-state index is 0.0365. The lowest BCUT2D eigenvalue weighted by molar-refractivity contribution is 0.282. The number of hydrogen-bond acceptors (Lipinski definition) is 4. The predicted molar refractivity (Wildman–Crippen MR) is 96.6 cm³/mol. The maximum Gasteiger partial charge on any atom is 0.262 e. The Morgan fingerprint density at radius 1 is 1.08 bits per heavy atom. The number of aliphatic hydroxyl groups is 1. The van der Waals surface area contributed by atoms with Crippen LogP contribution in [-0.4, -0.2) is 14.7 Å². The molecule has 0 bridgehead atoms. The van der Waals surface area contributed by atoms with Gasteiger partial charge in [0.1, 0.15) is 4.83 Å². The molecular weight excluding hydrogens is 320 g/mol. The fraction of sp³-hybridized carbons (Fsp3) is 0.368. The first-order valence-electron chi connectivity index (χ1n) is 8.44. The van der Waals surface area contributed by atoms with Gasteiger partial charge in [-0.25, -0.2) is 4.98 Å². The monoisotopic (exact) mass is 340 g/mol. The van der Waals surface area contributed by atoms with Crippen LogP contribution in [0.4, 0.5) is 0 Å². The van der Waals surface area contributed by atoms with Gasteiger partial charge >= 0.3 is 0 Å². The Labute approximate surface area is 144 Å². The van der Waals surface area contributed by atoms with Crippen LogP contribution in [0.15, 0.2) is 35.4 Å². The molecule has 2 aromatic heterocycles. The average Bonchev–Trinajstić information content (AvgIpc) is 2.80. The van der Waals surface area contributed by atoms with Crippen molar-refractivity contribution in [1.82, 2.24) is 9.55 Å². The normalized spacial score (nSPS) is 14.5. The summed E-state index contributed by atoms with van der Waals surface area (Å²) in [6.45, 7) is 0.548. The van der Waals surface area contributed by atoms with E-state index in [0.29, 0.717) is 6.54 Å². The first kappa shape index (κ1) is 15.5. The molecular formula is C19H20N2O2S. The molecule has 0 atom stereocenters. The molecule has 4 nitrogen and oxygen atoms in total. The van der Waals surface area contributed by atoms with Crippen molar-refractivity contribution in [3.8, 4) is 0 Å². The molecule has 1 aromatic carbocycles. The third kappa shape index (κ3) is 2.78. The number of aromatic nitrogens is 2. The number of nitrogens with zero attached hydrogens (tertiary/aromatic N) is 2. The van der Waals surface area contributed by atoms with E-state index in [-0.39, 0.29) is 12.2 Å². The van der Waals surface area contributed by atoms with Crippen molar-refractivity contribution in [3.63, 3.8) is 0 Å². The van der Waals surface area contributed by atoms with Crippen LogP contribution in [0.5, 0.6) is 0 Å². The molecule has 0 spiro atoms. The summed E-state index contributed by atoms with van der Waals surface area (Å²) in [5.41, 5.74) is 3.24. The van der Waals surface area contributed by atoms with Crippen molar-refractivity contribution in [2.45, 2.75) is 45.3 Å². The minimum Gasteiger partial charge on any atom is -0.392 e. The van der Waals surface area contributed by atoms with Crippen LogP contribution in [0.3, 0.4) is 0 Å². The second kappa shape index (κ2) is 6.49. The lowest BCUT2D eigenvalue weighted by Gasteiger charge is -2.07. The van der Waals surface area contributed by atoms with Gasteiger partial charge in [0.25, 0.3) is 5.56 Å². The van der Waals surface area contributed by atoms with Crippen LogP contribution in [0.1, 0.15) is 40.8 Å². The molecule has 24 heavy (non-hydrogen) atoms. The topological polar surface area (TPSA) is 55.1 Å². The summed E-state index contributed by atoms with van der Waals surface area (Å²) in [5, 5.41) is 9.97. The summed E-state index contributed by atoms with van der Waals surface area (Å²) >= 11 is 1.69. The van der Waals surface area contributed by atoms with Gasteiger partial charge in [0.05, 0.1) is 24.9 Å². The molecule has 3 aromatic rings. The van der Waals surface area contributed by atoms with E-state index in [0.717, 1.165) is 40.6 Å². The average molecular weight is 340 g/mol. The predicted octanol–water partition coefficient (Wildman–Crippen LogP) is 3.27. The Hall–Kier alpha value is -1.98. The van der Waals surface area contributed by atoms with Crippen molar-refractivity contribution in [2.24, 2.45) is 0 Å². The summed E-state index contributed by atoms with van der Waals surface area (Å²) in [5.74, 6) is 0. The standard InChI is InChI=1S/C19H20N2O2S/c22-11-14-8-6-13(7-9-14)10-21-12-20-18-17(19(21)23)15-4-2-1-3-5-16(15)24-18/h6-9,12,22H,1-5,10-11H2. The van der Waals surface area contributed by atoms with E-state index in [1.807, 2.05) is 24.3 Å². The second-order valence-corrected chi connectivity index (χ2v) is 7.48. The van der Waals surface area contributed by atoms with Crippen LogP contribution in [0.2, 0.25) is 0 Å². The Balaban J connectivity index is 1.74. The smallest absolute Gasteiger partial charge is 0.262 e. The van der Waals surface area contributed by atoms with Gasteiger partial charge in [-0.1, -0.05) is 30.7 Å². The molecule has 0 fully saturated rings. The SMILES string of the molecule is O=c1c2c3c(sc2ncn1Cc1ccc(CO)cc1)CCCCC3. The van der Waals surface area contributed by atoms with Gasteiger partial charge in [-0.15, -0.1) is 11.3 Å². The van der Waals surface area contributed by atoms with E-state index in [1.165, 1.54) is 23.3 Å². The molecule has 0 saturated carbocycles. The van der Waals surface area contributed by atoms with Gasteiger partial charge < -0.3 is 5.11 Å². The van der Waals surface area contributed by atoms with Crippen LogP contribution in [-0.2, 0) is 26.0 Å². The minimum absolute atomic E-state index is 0.0365. The lowest BCUT2D eigenvalue weighted by Crippen LogP contribution is -2.21. The summed E-state index contributed by atoms with van der Waals surface area (Å²) < 4.78 is 1.70. The molecule has 2 heterocycles. The first-order valence-corrected chi connectivity index (χ1v) is 9.26. The Morgan fingerprint density at radius 3 is 2.62 bits per heavy atom. The number of fused-ring (bicyclic) bond motifs is 3. The summed E-state index contributed by atoms with van der Waals surface area (Å²) in [6.07, 6.45) is 7.37. The van der Waals surface area contributed by atoms with E-state index >= 15 is 0 Å². The zero-order valence-electron chi connectivity index (χ0n) is 13.5. The molecule has 4 rings (SSSR count). The molecule has 1 aliphatic carbocycles. The van der Waals surface area contributed by atoms with Gasteiger partial charge in [0.15, 0.2) is 0 Å². The fourth-order valence-corrected chi connectivity index (χ4v) is 4.64. The molecule has 0 aliphatic heterocycles. The second-order valence-electron chi connectivity index (χ2n) is 6.40. The Bertz CT molecular complexity index is 925. The zero-order valence-corrected chi connectivity index (χ0v) is 14.3. The molecule has 124 valence electrons. The van der Waals surface area contributed by atoms with E-state index in [2.05, 4.69) is 4.98 Å². The van der Waals surface area contributed by atoms with Crippen LogP contribution in [0, 0.1) is 0 Å². The van der Waals surface area contributed by atoms with Crippen LogP contribution < -0.4 is 5.56 Å². The van der Waals surface area contributed by atoms with Crippen molar-refractivity contribution in [1.29, 1.82) is 0 Å². The Kier molecular flexibility index (Phi) is 4.21. The quantitative estimate of drug-likeness (QED) is 0.745. The van der Waals surface area contributed by atoms with Crippen molar-refractivity contribution >= 4 is 21.6 Å². The van der Waals surface area contributed by atoms with Gasteiger partial charge in [-0.2, -0.15) is 0 Å². The van der Waals surface area contributed by atoms with Crippen LogP contribution >= 0.6 is 11.3 Å². The largest absolute Gasteiger partial charge is 0.392 e. The van der Waals surface area contributed by atoms with E-state index in [4.69, 9.17) is 5.11 Å². The number of thiophene rings is 1. The highest BCUT2D eigenvalue weighted by molar-refractivity contribution is 7.18. The molecule has 1 N–H and O–H groups in total. The highest BCUT2D eigenvalue weighted by Gasteiger charge is 2.19. The summed E-state index contributed by atoms with van der Waals surface area (Å²) in [7, 11) is 0. The maximum absolute atomic E-state index is 13.0. The molecule has 0 amide bonds. The molecule has 0 unspecified atom stereocenters. The number of aliphatic hydroxyl groups excluding tert-OH is 1. The molecule has 0 saturated heterocycles. The highest BCUT2D eigenvalue weighted by atomic mass is 32.1.